The second-order valence-corrected chi connectivity index (χ2v) is 7.65. The number of nitrogens with zero attached hydrogens (tertiary/aromatic N) is 3. The Morgan fingerprint density at radius 1 is 1.11 bits per heavy atom. The second-order valence-electron chi connectivity index (χ2n) is 7.65. The number of anilines is 1. The number of hydrogen-bond acceptors (Lipinski definition) is 5. The zero-order valence-corrected chi connectivity index (χ0v) is 16.6. The van der Waals surface area contributed by atoms with Crippen molar-refractivity contribution >= 4 is 29.7 Å². The molecule has 2 saturated heterocycles. The van der Waals surface area contributed by atoms with Crippen molar-refractivity contribution < 1.29 is 14.4 Å². The minimum atomic E-state index is -1.08. The van der Waals surface area contributed by atoms with Crippen LogP contribution in [0.15, 0.2) is 29.3 Å². The lowest BCUT2D eigenvalue weighted by molar-refractivity contribution is -0.131. The van der Waals surface area contributed by atoms with Crippen molar-refractivity contribution in [3.63, 3.8) is 0 Å². The first kappa shape index (κ1) is 20.2. The van der Waals surface area contributed by atoms with Gasteiger partial charge in [-0.1, -0.05) is 32.4 Å². The molecule has 7 heteroatoms. The predicted molar refractivity (Wildman–Crippen MR) is 109 cm³/mol. The van der Waals surface area contributed by atoms with Gasteiger partial charge in [0.1, 0.15) is 0 Å². The average molecular weight is 384 g/mol. The van der Waals surface area contributed by atoms with Gasteiger partial charge >= 0.3 is 6.03 Å². The number of rotatable bonds is 6. The van der Waals surface area contributed by atoms with Crippen molar-refractivity contribution in [3.05, 3.63) is 29.8 Å². The van der Waals surface area contributed by atoms with E-state index in [1.54, 1.807) is 12.1 Å². The van der Waals surface area contributed by atoms with Crippen LogP contribution in [0.5, 0.6) is 0 Å². The van der Waals surface area contributed by atoms with E-state index in [9.17, 15) is 14.4 Å². The summed E-state index contributed by atoms with van der Waals surface area (Å²) in [7, 11) is 0. The van der Waals surface area contributed by atoms with Crippen LogP contribution in [0.2, 0.25) is 0 Å². The number of aliphatic imine (C=N–C) groups is 1. The van der Waals surface area contributed by atoms with E-state index < -0.39 is 23.8 Å². The topological polar surface area (TPSA) is 82.1 Å². The maximum atomic E-state index is 12.8. The molecule has 0 bridgehead atoms. The molecular weight excluding hydrogens is 356 g/mol. The smallest absolute Gasteiger partial charge is 0.302 e. The van der Waals surface area contributed by atoms with Crippen molar-refractivity contribution in [3.8, 4) is 0 Å². The van der Waals surface area contributed by atoms with Gasteiger partial charge in [0.15, 0.2) is 5.92 Å². The molecule has 2 fully saturated rings. The molecule has 2 aliphatic rings. The highest BCUT2D eigenvalue weighted by Gasteiger charge is 2.40. The number of benzene rings is 1. The highest BCUT2D eigenvalue weighted by molar-refractivity contribution is 6.32. The predicted octanol–water partition coefficient (Wildman–Crippen LogP) is 2.57. The maximum absolute atomic E-state index is 12.8. The minimum absolute atomic E-state index is 0.348. The van der Waals surface area contributed by atoms with Gasteiger partial charge in [0.05, 0.1) is 12.2 Å². The fourth-order valence-corrected chi connectivity index (χ4v) is 3.54. The quantitative estimate of drug-likeness (QED) is 0.604. The molecule has 0 spiro atoms. The monoisotopic (exact) mass is 384 g/mol. The summed E-state index contributed by atoms with van der Waals surface area (Å²) in [5.74, 6) is -1.91. The van der Waals surface area contributed by atoms with Crippen molar-refractivity contribution in [1.82, 2.24) is 10.2 Å². The van der Waals surface area contributed by atoms with Crippen LogP contribution < -0.4 is 10.2 Å². The number of carbonyl (C=O) groups is 3. The third kappa shape index (κ3) is 4.65. The molecule has 150 valence electrons. The average Bonchev–Trinajstić information content (AvgIpc) is 2.68. The lowest BCUT2D eigenvalue weighted by atomic mass is 10.0. The van der Waals surface area contributed by atoms with Crippen LogP contribution in [-0.4, -0.2) is 55.1 Å². The first-order valence-corrected chi connectivity index (χ1v) is 9.98. The van der Waals surface area contributed by atoms with E-state index in [2.05, 4.69) is 29.1 Å². The van der Waals surface area contributed by atoms with E-state index in [1.807, 2.05) is 12.1 Å². The molecule has 4 amide bonds. The molecule has 0 aromatic heterocycles. The van der Waals surface area contributed by atoms with Crippen LogP contribution in [0.3, 0.4) is 0 Å². The van der Waals surface area contributed by atoms with E-state index >= 15 is 0 Å². The largest absolute Gasteiger partial charge is 0.335 e. The lowest BCUT2D eigenvalue weighted by Gasteiger charge is -2.29. The van der Waals surface area contributed by atoms with Gasteiger partial charge in [0, 0.05) is 12.8 Å². The fourth-order valence-electron chi connectivity index (χ4n) is 3.54. The highest BCUT2D eigenvalue weighted by Crippen LogP contribution is 2.23. The highest BCUT2D eigenvalue weighted by atomic mass is 16.2. The summed E-state index contributed by atoms with van der Waals surface area (Å²) in [4.78, 5) is 44.9. The van der Waals surface area contributed by atoms with Gasteiger partial charge in [-0.2, -0.15) is 0 Å². The summed E-state index contributed by atoms with van der Waals surface area (Å²) >= 11 is 0. The molecule has 28 heavy (non-hydrogen) atoms. The summed E-state index contributed by atoms with van der Waals surface area (Å²) in [5.41, 5.74) is 1.56. The third-order valence-electron chi connectivity index (χ3n) is 5.27. The van der Waals surface area contributed by atoms with Gasteiger partial charge in [-0.05, 0) is 49.5 Å². The normalized spacial score (nSPS) is 21.6. The zero-order valence-electron chi connectivity index (χ0n) is 16.6. The Morgan fingerprint density at radius 3 is 2.43 bits per heavy atom. The Kier molecular flexibility index (Phi) is 6.57. The molecule has 2 heterocycles. The SMILES string of the molecule is CC(C)c1ccc(N2C(=O)NC(=O)[C@@H](C=NCCN3CCCCC3)C2=O)cc1. The molecule has 1 N–H and O–H groups in total. The maximum Gasteiger partial charge on any atom is 0.335 e. The molecule has 1 atom stereocenters. The molecule has 1 aromatic rings. The van der Waals surface area contributed by atoms with Gasteiger partial charge in [-0.15, -0.1) is 0 Å². The molecule has 0 aliphatic carbocycles. The number of imide groups is 2. The zero-order chi connectivity index (χ0) is 20.1. The number of piperidine rings is 1. The number of amides is 4. The Balaban J connectivity index is 1.66. The first-order valence-electron chi connectivity index (χ1n) is 9.98. The molecule has 2 aliphatic heterocycles. The Bertz CT molecular complexity index is 751. The molecule has 3 rings (SSSR count). The summed E-state index contributed by atoms with van der Waals surface area (Å²) in [6.07, 6.45) is 5.07. The van der Waals surface area contributed by atoms with Gasteiger partial charge in [0.2, 0.25) is 5.91 Å². The van der Waals surface area contributed by atoms with E-state index in [0.717, 1.165) is 30.1 Å². The Labute approximate surface area is 165 Å². The van der Waals surface area contributed by atoms with Crippen LogP contribution >= 0.6 is 0 Å². The number of urea groups is 1. The standard InChI is InChI=1S/C21H28N4O3/c1-15(2)16-6-8-17(9-7-16)25-20(27)18(19(26)23-21(25)28)14-22-10-13-24-11-4-3-5-12-24/h6-9,14-15,18H,3-5,10-13H2,1-2H3,(H,23,26,28)/t18-/m1/s1. The van der Waals surface area contributed by atoms with E-state index in [1.165, 1.54) is 25.5 Å². The van der Waals surface area contributed by atoms with Crippen LogP contribution in [0.25, 0.3) is 0 Å². The molecule has 7 nitrogen and oxygen atoms in total. The summed E-state index contributed by atoms with van der Waals surface area (Å²) < 4.78 is 0. The van der Waals surface area contributed by atoms with Crippen molar-refractivity contribution in [2.75, 3.05) is 31.1 Å². The molecule has 1 aromatic carbocycles. The first-order chi connectivity index (χ1) is 13.5. The van der Waals surface area contributed by atoms with E-state index in [4.69, 9.17) is 0 Å². The number of carbonyl (C=O) groups excluding carboxylic acids is 3. The van der Waals surface area contributed by atoms with Crippen molar-refractivity contribution in [2.24, 2.45) is 10.9 Å². The number of nitrogens with one attached hydrogen (secondary N) is 1. The van der Waals surface area contributed by atoms with Crippen molar-refractivity contribution in [1.29, 1.82) is 0 Å². The molecule has 0 saturated carbocycles. The van der Waals surface area contributed by atoms with Gasteiger partial charge in [-0.3, -0.25) is 19.9 Å². The third-order valence-corrected chi connectivity index (χ3v) is 5.27. The molecular formula is C21H28N4O3. The van der Waals surface area contributed by atoms with E-state index in [0.29, 0.717) is 18.2 Å². The van der Waals surface area contributed by atoms with Crippen LogP contribution in [0.1, 0.15) is 44.6 Å². The van der Waals surface area contributed by atoms with E-state index in [-0.39, 0.29) is 0 Å². The molecule has 0 unspecified atom stereocenters. The number of barbiturate groups is 1. The van der Waals surface area contributed by atoms with Crippen LogP contribution in [-0.2, 0) is 9.59 Å². The second kappa shape index (κ2) is 9.10. The Hall–Kier alpha value is -2.54. The minimum Gasteiger partial charge on any atom is -0.302 e. The van der Waals surface area contributed by atoms with Crippen molar-refractivity contribution in [2.45, 2.75) is 39.0 Å². The van der Waals surface area contributed by atoms with Crippen LogP contribution in [0.4, 0.5) is 10.5 Å². The Morgan fingerprint density at radius 2 is 1.79 bits per heavy atom. The molecule has 0 radical (unpaired) electrons. The number of hydrogen-bond donors (Lipinski definition) is 1. The summed E-state index contributed by atoms with van der Waals surface area (Å²) in [6.45, 7) is 7.65. The van der Waals surface area contributed by atoms with Crippen LogP contribution in [0, 0.1) is 5.92 Å². The summed E-state index contributed by atoms with van der Waals surface area (Å²) in [5, 5.41) is 2.26. The summed E-state index contributed by atoms with van der Waals surface area (Å²) in [6, 6.07) is 6.52. The van der Waals surface area contributed by atoms with Gasteiger partial charge in [0.25, 0.3) is 5.91 Å². The van der Waals surface area contributed by atoms with Gasteiger partial charge in [-0.25, -0.2) is 9.69 Å². The fraction of sp³-hybridized carbons (Fsp3) is 0.524. The lowest BCUT2D eigenvalue weighted by Crippen LogP contribution is -2.58. The van der Waals surface area contributed by atoms with Gasteiger partial charge < -0.3 is 4.90 Å². The number of likely N-dealkylation sites (tertiary alicyclic amines) is 1.